The van der Waals surface area contributed by atoms with Crippen molar-refractivity contribution in [3.05, 3.63) is 59.6 Å². The second-order valence-corrected chi connectivity index (χ2v) is 8.27. The standard InChI is InChI=1S/C21H21N3OS/c25-21(22-19(14-8-9-14)15-10-11-15)17-13-24(16-5-2-1-3-6-16)23-20(17)18-7-4-12-26-18/h1-7,12-15,19H,8-11H2,(H,22,25). The van der Waals surface area contributed by atoms with Crippen molar-refractivity contribution in [3.8, 4) is 16.3 Å². The maximum atomic E-state index is 13.1. The number of benzene rings is 1. The first-order valence-corrected chi connectivity index (χ1v) is 10.2. The fraction of sp³-hybridized carbons (Fsp3) is 0.333. The highest BCUT2D eigenvalue weighted by molar-refractivity contribution is 7.13. The smallest absolute Gasteiger partial charge is 0.255 e. The normalized spacial score (nSPS) is 16.8. The van der Waals surface area contributed by atoms with E-state index in [2.05, 4.69) is 5.32 Å². The van der Waals surface area contributed by atoms with E-state index in [4.69, 9.17) is 5.10 Å². The second-order valence-electron chi connectivity index (χ2n) is 7.32. The largest absolute Gasteiger partial charge is 0.349 e. The minimum Gasteiger partial charge on any atom is -0.349 e. The molecule has 0 radical (unpaired) electrons. The number of amides is 1. The van der Waals surface area contributed by atoms with Crippen molar-refractivity contribution >= 4 is 17.2 Å². The van der Waals surface area contributed by atoms with E-state index < -0.39 is 0 Å². The van der Waals surface area contributed by atoms with Crippen molar-refractivity contribution in [2.24, 2.45) is 11.8 Å². The summed E-state index contributed by atoms with van der Waals surface area (Å²) in [7, 11) is 0. The van der Waals surface area contributed by atoms with E-state index >= 15 is 0 Å². The van der Waals surface area contributed by atoms with Gasteiger partial charge in [0, 0.05) is 12.2 Å². The third-order valence-electron chi connectivity index (χ3n) is 5.29. The van der Waals surface area contributed by atoms with Crippen LogP contribution in [0.5, 0.6) is 0 Å². The number of para-hydroxylation sites is 1. The summed E-state index contributed by atoms with van der Waals surface area (Å²) in [5, 5.41) is 10.1. The van der Waals surface area contributed by atoms with Gasteiger partial charge in [-0.2, -0.15) is 5.10 Å². The Bertz CT molecular complexity index is 896. The van der Waals surface area contributed by atoms with E-state index in [-0.39, 0.29) is 5.91 Å². The average molecular weight is 363 g/mol. The van der Waals surface area contributed by atoms with Crippen LogP contribution in [0.4, 0.5) is 0 Å². The fourth-order valence-corrected chi connectivity index (χ4v) is 4.33. The molecule has 4 nitrogen and oxygen atoms in total. The molecule has 0 atom stereocenters. The van der Waals surface area contributed by atoms with Crippen LogP contribution in [0.2, 0.25) is 0 Å². The monoisotopic (exact) mass is 363 g/mol. The molecule has 2 heterocycles. The number of nitrogens with zero attached hydrogens (tertiary/aromatic N) is 2. The first-order valence-electron chi connectivity index (χ1n) is 9.29. The highest BCUT2D eigenvalue weighted by Gasteiger charge is 2.42. The lowest BCUT2D eigenvalue weighted by molar-refractivity contribution is 0.0927. The molecule has 0 aliphatic heterocycles. The second kappa shape index (κ2) is 6.40. The van der Waals surface area contributed by atoms with Crippen LogP contribution in [-0.4, -0.2) is 21.7 Å². The minimum absolute atomic E-state index is 0.0133. The van der Waals surface area contributed by atoms with Crippen molar-refractivity contribution in [1.29, 1.82) is 0 Å². The quantitative estimate of drug-likeness (QED) is 0.700. The Hall–Kier alpha value is -2.40. The molecule has 2 aliphatic carbocycles. The molecule has 1 N–H and O–H groups in total. The van der Waals surface area contributed by atoms with E-state index in [1.54, 1.807) is 11.3 Å². The molecule has 2 aromatic heterocycles. The Morgan fingerprint density at radius 2 is 1.81 bits per heavy atom. The number of hydrogen-bond acceptors (Lipinski definition) is 3. The Kier molecular flexibility index (Phi) is 3.89. The van der Waals surface area contributed by atoms with Gasteiger partial charge in [0.1, 0.15) is 5.69 Å². The summed E-state index contributed by atoms with van der Waals surface area (Å²) in [6, 6.07) is 14.3. The van der Waals surface area contributed by atoms with E-state index in [1.807, 2.05) is 58.7 Å². The van der Waals surface area contributed by atoms with Crippen LogP contribution in [-0.2, 0) is 0 Å². The summed E-state index contributed by atoms with van der Waals surface area (Å²) in [4.78, 5) is 14.1. The number of thiophene rings is 1. The van der Waals surface area contributed by atoms with Gasteiger partial charge in [0.15, 0.2) is 0 Å². The summed E-state index contributed by atoms with van der Waals surface area (Å²) in [5.74, 6) is 1.38. The summed E-state index contributed by atoms with van der Waals surface area (Å²) in [6.45, 7) is 0. The number of carbonyl (C=O) groups excluding carboxylic acids is 1. The van der Waals surface area contributed by atoms with E-state index in [0.29, 0.717) is 23.4 Å². The average Bonchev–Trinajstić information content (AvgIpc) is 3.59. The Labute approximate surface area is 156 Å². The summed E-state index contributed by atoms with van der Waals surface area (Å²) in [6.07, 6.45) is 6.88. The molecule has 2 aliphatic rings. The van der Waals surface area contributed by atoms with Crippen LogP contribution in [0, 0.1) is 11.8 Å². The molecule has 0 saturated heterocycles. The third-order valence-corrected chi connectivity index (χ3v) is 6.17. The van der Waals surface area contributed by atoms with Crippen molar-refractivity contribution in [2.75, 3.05) is 0 Å². The molecule has 1 aromatic carbocycles. The molecule has 3 aromatic rings. The molecular weight excluding hydrogens is 342 g/mol. The zero-order valence-corrected chi connectivity index (χ0v) is 15.3. The third kappa shape index (κ3) is 3.07. The van der Waals surface area contributed by atoms with Crippen molar-refractivity contribution in [3.63, 3.8) is 0 Å². The van der Waals surface area contributed by atoms with Gasteiger partial charge in [0.25, 0.3) is 5.91 Å². The molecule has 132 valence electrons. The molecular formula is C21H21N3OS. The first-order chi connectivity index (χ1) is 12.8. The summed E-state index contributed by atoms with van der Waals surface area (Å²) < 4.78 is 1.81. The predicted molar refractivity (Wildman–Crippen MR) is 104 cm³/mol. The van der Waals surface area contributed by atoms with Gasteiger partial charge in [-0.15, -0.1) is 11.3 Å². The van der Waals surface area contributed by atoms with Gasteiger partial charge in [0.2, 0.25) is 0 Å². The number of rotatable bonds is 6. The highest BCUT2D eigenvalue weighted by Crippen LogP contribution is 2.44. The molecule has 5 heteroatoms. The van der Waals surface area contributed by atoms with Gasteiger partial charge in [-0.25, -0.2) is 4.68 Å². The number of carbonyl (C=O) groups is 1. The lowest BCUT2D eigenvalue weighted by Gasteiger charge is -2.17. The van der Waals surface area contributed by atoms with Crippen LogP contribution >= 0.6 is 11.3 Å². The van der Waals surface area contributed by atoms with Gasteiger partial charge < -0.3 is 5.32 Å². The van der Waals surface area contributed by atoms with Crippen LogP contribution in [0.25, 0.3) is 16.3 Å². The molecule has 2 saturated carbocycles. The van der Waals surface area contributed by atoms with Crippen molar-refractivity contribution < 1.29 is 4.79 Å². The number of nitrogens with one attached hydrogen (secondary N) is 1. The first kappa shape index (κ1) is 15.8. The Morgan fingerprint density at radius 1 is 1.08 bits per heavy atom. The summed E-state index contributed by atoms with van der Waals surface area (Å²) in [5.41, 5.74) is 2.40. The van der Waals surface area contributed by atoms with Gasteiger partial charge in [-0.05, 0) is 61.1 Å². The van der Waals surface area contributed by atoms with Gasteiger partial charge in [0.05, 0.1) is 16.1 Å². The minimum atomic E-state index is 0.0133. The predicted octanol–water partition coefficient (Wildman–Crippen LogP) is 4.52. The molecule has 5 rings (SSSR count). The molecule has 0 unspecified atom stereocenters. The van der Waals surface area contributed by atoms with Gasteiger partial charge >= 0.3 is 0 Å². The van der Waals surface area contributed by atoms with E-state index in [1.165, 1.54) is 25.7 Å². The molecule has 0 bridgehead atoms. The van der Waals surface area contributed by atoms with E-state index in [9.17, 15) is 4.79 Å². The van der Waals surface area contributed by atoms with Gasteiger partial charge in [-0.3, -0.25) is 4.79 Å². The maximum absolute atomic E-state index is 13.1. The molecule has 0 spiro atoms. The Morgan fingerprint density at radius 3 is 2.42 bits per heavy atom. The fourth-order valence-electron chi connectivity index (χ4n) is 3.61. The Balaban J connectivity index is 1.49. The van der Waals surface area contributed by atoms with Crippen LogP contribution in [0.1, 0.15) is 36.0 Å². The molecule has 1 amide bonds. The maximum Gasteiger partial charge on any atom is 0.255 e. The SMILES string of the molecule is O=C(NC(C1CC1)C1CC1)c1cn(-c2ccccc2)nc1-c1cccs1. The lowest BCUT2D eigenvalue weighted by atomic mass is 10.1. The van der Waals surface area contributed by atoms with Crippen molar-refractivity contribution in [2.45, 2.75) is 31.7 Å². The lowest BCUT2D eigenvalue weighted by Crippen LogP contribution is -2.38. The van der Waals surface area contributed by atoms with Gasteiger partial charge in [-0.1, -0.05) is 24.3 Å². The number of hydrogen-bond donors (Lipinski definition) is 1. The zero-order chi connectivity index (χ0) is 17.5. The molecule has 2 fully saturated rings. The van der Waals surface area contributed by atoms with Crippen LogP contribution in [0.3, 0.4) is 0 Å². The zero-order valence-electron chi connectivity index (χ0n) is 14.5. The molecule has 26 heavy (non-hydrogen) atoms. The summed E-state index contributed by atoms with van der Waals surface area (Å²) >= 11 is 1.62. The topological polar surface area (TPSA) is 46.9 Å². The highest BCUT2D eigenvalue weighted by atomic mass is 32.1. The van der Waals surface area contributed by atoms with E-state index in [0.717, 1.165) is 16.3 Å². The van der Waals surface area contributed by atoms with Crippen LogP contribution < -0.4 is 5.32 Å². The van der Waals surface area contributed by atoms with Crippen molar-refractivity contribution in [1.82, 2.24) is 15.1 Å². The van der Waals surface area contributed by atoms with Crippen LogP contribution in [0.15, 0.2) is 54.0 Å². The number of aromatic nitrogens is 2.